The van der Waals surface area contributed by atoms with Gasteiger partial charge in [0.25, 0.3) is 0 Å². The van der Waals surface area contributed by atoms with Crippen molar-refractivity contribution in [2.24, 2.45) is 0 Å². The van der Waals surface area contributed by atoms with Crippen LogP contribution in [0.25, 0.3) is 0 Å². The summed E-state index contributed by atoms with van der Waals surface area (Å²) >= 11 is 0. The van der Waals surface area contributed by atoms with Crippen LogP contribution in [-0.4, -0.2) is 67.6 Å². The second-order valence-corrected chi connectivity index (χ2v) is 3.71. The number of amides is 2. The van der Waals surface area contributed by atoms with Crippen LogP contribution >= 0.6 is 0 Å². The standard InChI is InChI=1S/C11H16N2O5/c1-2-3-13(7-10(14)15)11(16)12-6-9-8-17-4-5-18-9/h1,9H,3-8H2,(H,12,16)(H,14,15). The Labute approximate surface area is 105 Å². The number of nitrogens with zero attached hydrogens (tertiary/aromatic N) is 1. The highest BCUT2D eigenvalue weighted by atomic mass is 16.6. The number of nitrogens with one attached hydrogen (secondary N) is 1. The minimum atomic E-state index is -1.11. The predicted molar refractivity (Wildman–Crippen MR) is 62.0 cm³/mol. The maximum absolute atomic E-state index is 11.7. The van der Waals surface area contributed by atoms with E-state index < -0.39 is 18.5 Å². The highest BCUT2D eigenvalue weighted by molar-refractivity contribution is 5.80. The second kappa shape index (κ2) is 7.53. The van der Waals surface area contributed by atoms with Crippen LogP contribution in [-0.2, 0) is 14.3 Å². The van der Waals surface area contributed by atoms with Crippen LogP contribution in [0.2, 0.25) is 0 Å². The van der Waals surface area contributed by atoms with Gasteiger partial charge in [0, 0.05) is 6.54 Å². The molecule has 2 N–H and O–H groups in total. The number of ether oxygens (including phenoxy) is 2. The molecule has 0 aliphatic carbocycles. The van der Waals surface area contributed by atoms with Crippen LogP contribution in [0.1, 0.15) is 0 Å². The first-order valence-corrected chi connectivity index (χ1v) is 5.51. The van der Waals surface area contributed by atoms with E-state index in [1.165, 1.54) is 0 Å². The number of carbonyl (C=O) groups excluding carboxylic acids is 1. The van der Waals surface area contributed by atoms with Crippen molar-refractivity contribution < 1.29 is 24.2 Å². The van der Waals surface area contributed by atoms with Crippen molar-refractivity contribution in [1.82, 2.24) is 10.2 Å². The molecule has 0 aromatic rings. The van der Waals surface area contributed by atoms with Crippen molar-refractivity contribution in [3.05, 3.63) is 0 Å². The van der Waals surface area contributed by atoms with E-state index in [2.05, 4.69) is 11.2 Å². The Hall–Kier alpha value is -1.78. The van der Waals surface area contributed by atoms with Gasteiger partial charge in [-0.25, -0.2) is 4.79 Å². The zero-order valence-electron chi connectivity index (χ0n) is 9.92. The van der Waals surface area contributed by atoms with Crippen molar-refractivity contribution in [3.63, 3.8) is 0 Å². The maximum Gasteiger partial charge on any atom is 0.323 e. The zero-order valence-corrected chi connectivity index (χ0v) is 9.92. The summed E-state index contributed by atoms with van der Waals surface area (Å²) < 4.78 is 10.5. The maximum atomic E-state index is 11.7. The van der Waals surface area contributed by atoms with Crippen molar-refractivity contribution in [2.75, 3.05) is 39.5 Å². The predicted octanol–water partition coefficient (Wildman–Crippen LogP) is -0.869. The minimum Gasteiger partial charge on any atom is -0.480 e. The van der Waals surface area contributed by atoms with Gasteiger partial charge < -0.3 is 24.8 Å². The van der Waals surface area contributed by atoms with Gasteiger partial charge in [-0.2, -0.15) is 0 Å². The first-order chi connectivity index (χ1) is 8.63. The Kier molecular flexibility index (Phi) is 5.97. The first kappa shape index (κ1) is 14.3. The molecular formula is C11H16N2O5. The summed E-state index contributed by atoms with van der Waals surface area (Å²) in [6.45, 7) is 1.22. The number of terminal acetylenes is 1. The molecule has 1 unspecified atom stereocenters. The normalized spacial score (nSPS) is 18.7. The number of hydrogen-bond acceptors (Lipinski definition) is 4. The molecule has 7 heteroatoms. The van der Waals surface area contributed by atoms with E-state index in [0.29, 0.717) is 19.8 Å². The van der Waals surface area contributed by atoms with Crippen molar-refractivity contribution >= 4 is 12.0 Å². The number of carboxylic acid groups (broad SMARTS) is 1. The summed E-state index contributed by atoms with van der Waals surface area (Å²) in [4.78, 5) is 23.3. The third-order valence-corrected chi connectivity index (χ3v) is 2.26. The number of hydrogen-bond donors (Lipinski definition) is 2. The van der Waals surface area contributed by atoms with E-state index in [4.69, 9.17) is 21.0 Å². The number of aliphatic carboxylic acids is 1. The second-order valence-electron chi connectivity index (χ2n) is 3.71. The van der Waals surface area contributed by atoms with E-state index in [0.717, 1.165) is 4.90 Å². The van der Waals surface area contributed by atoms with E-state index in [1.54, 1.807) is 0 Å². The fraction of sp³-hybridized carbons (Fsp3) is 0.636. The van der Waals surface area contributed by atoms with E-state index in [-0.39, 0.29) is 19.2 Å². The monoisotopic (exact) mass is 256 g/mol. The van der Waals surface area contributed by atoms with Crippen molar-refractivity contribution in [2.45, 2.75) is 6.10 Å². The molecule has 1 rings (SSSR count). The van der Waals surface area contributed by atoms with Crippen molar-refractivity contribution in [3.8, 4) is 12.3 Å². The summed E-state index contributed by atoms with van der Waals surface area (Å²) in [7, 11) is 0. The quantitative estimate of drug-likeness (QED) is 0.624. The molecule has 1 saturated heterocycles. The summed E-state index contributed by atoms with van der Waals surface area (Å²) in [6.07, 6.45) is 4.86. The summed E-state index contributed by atoms with van der Waals surface area (Å²) in [5.74, 6) is 1.12. The van der Waals surface area contributed by atoms with Crippen LogP contribution in [0, 0.1) is 12.3 Å². The lowest BCUT2D eigenvalue weighted by molar-refractivity contribution is -0.137. The van der Waals surface area contributed by atoms with E-state index in [9.17, 15) is 9.59 Å². The Bertz CT molecular complexity index is 333. The lowest BCUT2D eigenvalue weighted by Crippen LogP contribution is -2.47. The van der Waals surface area contributed by atoms with Crippen LogP contribution < -0.4 is 5.32 Å². The molecule has 2 amide bonds. The van der Waals surface area contributed by atoms with Gasteiger partial charge >= 0.3 is 12.0 Å². The number of carbonyl (C=O) groups is 2. The Balaban J connectivity index is 2.35. The van der Waals surface area contributed by atoms with Gasteiger partial charge in [-0.3, -0.25) is 4.79 Å². The molecule has 0 aromatic carbocycles. The number of urea groups is 1. The fourth-order valence-electron chi connectivity index (χ4n) is 1.44. The lowest BCUT2D eigenvalue weighted by Gasteiger charge is -2.25. The molecule has 1 heterocycles. The molecule has 18 heavy (non-hydrogen) atoms. The third-order valence-electron chi connectivity index (χ3n) is 2.26. The SMILES string of the molecule is C#CCN(CC(=O)O)C(=O)NCC1COCCO1. The van der Waals surface area contributed by atoms with Crippen LogP contribution in [0.5, 0.6) is 0 Å². The van der Waals surface area contributed by atoms with Crippen LogP contribution in [0.4, 0.5) is 4.79 Å². The Morgan fingerprint density at radius 1 is 1.50 bits per heavy atom. The fourth-order valence-corrected chi connectivity index (χ4v) is 1.44. The van der Waals surface area contributed by atoms with Gasteiger partial charge in [0.15, 0.2) is 0 Å². The molecule has 7 nitrogen and oxygen atoms in total. The Morgan fingerprint density at radius 2 is 2.28 bits per heavy atom. The number of rotatable bonds is 5. The minimum absolute atomic E-state index is 0.0554. The van der Waals surface area contributed by atoms with Crippen molar-refractivity contribution in [1.29, 1.82) is 0 Å². The molecule has 0 saturated carbocycles. The molecule has 1 aliphatic rings. The average molecular weight is 256 g/mol. The van der Waals surface area contributed by atoms with Gasteiger partial charge in [0.05, 0.1) is 32.5 Å². The molecule has 1 atom stereocenters. The number of carboxylic acids is 1. The summed E-state index contributed by atoms with van der Waals surface area (Å²) in [6, 6.07) is -0.524. The Morgan fingerprint density at radius 3 is 2.83 bits per heavy atom. The van der Waals surface area contributed by atoms with Crippen LogP contribution in [0.15, 0.2) is 0 Å². The average Bonchev–Trinajstić information content (AvgIpc) is 2.36. The van der Waals surface area contributed by atoms with Gasteiger partial charge in [-0.15, -0.1) is 6.42 Å². The molecule has 0 radical (unpaired) electrons. The topological polar surface area (TPSA) is 88.1 Å². The van der Waals surface area contributed by atoms with E-state index >= 15 is 0 Å². The highest BCUT2D eigenvalue weighted by Gasteiger charge is 2.19. The van der Waals surface area contributed by atoms with Gasteiger partial charge in [-0.05, 0) is 0 Å². The molecule has 0 aromatic heterocycles. The first-order valence-electron chi connectivity index (χ1n) is 5.51. The molecule has 0 bridgehead atoms. The van der Waals surface area contributed by atoms with E-state index in [1.807, 2.05) is 0 Å². The molecule has 1 fully saturated rings. The molecule has 0 spiro atoms. The smallest absolute Gasteiger partial charge is 0.323 e. The molecular weight excluding hydrogens is 240 g/mol. The lowest BCUT2D eigenvalue weighted by atomic mass is 10.3. The third kappa shape index (κ3) is 5.03. The highest BCUT2D eigenvalue weighted by Crippen LogP contribution is 1.99. The summed E-state index contributed by atoms with van der Waals surface area (Å²) in [5, 5.41) is 11.2. The summed E-state index contributed by atoms with van der Waals surface area (Å²) in [5.41, 5.74) is 0. The zero-order chi connectivity index (χ0) is 13.4. The molecule has 100 valence electrons. The van der Waals surface area contributed by atoms with Gasteiger partial charge in [0.1, 0.15) is 6.54 Å². The molecule has 1 aliphatic heterocycles. The van der Waals surface area contributed by atoms with Gasteiger partial charge in [0.2, 0.25) is 0 Å². The van der Waals surface area contributed by atoms with Gasteiger partial charge in [-0.1, -0.05) is 5.92 Å². The largest absolute Gasteiger partial charge is 0.480 e. The van der Waals surface area contributed by atoms with Crippen LogP contribution in [0.3, 0.4) is 0 Å².